The van der Waals surface area contributed by atoms with Crippen molar-refractivity contribution in [2.24, 2.45) is 0 Å². The van der Waals surface area contributed by atoms with Gasteiger partial charge in [0.2, 0.25) is 12.2 Å². The highest BCUT2D eigenvalue weighted by Crippen LogP contribution is 2.53. The average molecular weight is 351 g/mol. The lowest BCUT2D eigenvalue weighted by Gasteiger charge is -2.20. The minimum Gasteiger partial charge on any atom is -0.491 e. The molecule has 2 aromatic carbocycles. The van der Waals surface area contributed by atoms with E-state index in [1.165, 1.54) is 12.8 Å². The number of hydrogen-bond donors (Lipinski definition) is 1. The first-order chi connectivity index (χ1) is 12.7. The molecule has 3 aliphatic rings. The van der Waals surface area contributed by atoms with Gasteiger partial charge in [-0.2, -0.15) is 0 Å². The van der Waals surface area contributed by atoms with Crippen LogP contribution in [0, 0.1) is 0 Å². The van der Waals surface area contributed by atoms with E-state index in [1.54, 1.807) is 0 Å². The van der Waals surface area contributed by atoms with Crippen LogP contribution in [0.1, 0.15) is 43.7 Å². The largest absolute Gasteiger partial charge is 0.491 e. The monoisotopic (exact) mass is 351 g/mol. The van der Waals surface area contributed by atoms with Crippen molar-refractivity contribution in [2.75, 3.05) is 11.9 Å². The molecule has 0 saturated carbocycles. The Hall–Kier alpha value is -2.69. The van der Waals surface area contributed by atoms with Gasteiger partial charge in [0.05, 0.1) is 0 Å². The van der Waals surface area contributed by atoms with Gasteiger partial charge in [-0.1, -0.05) is 38.0 Å². The summed E-state index contributed by atoms with van der Waals surface area (Å²) in [5.74, 6) is 2.06. The van der Waals surface area contributed by atoms with Crippen molar-refractivity contribution < 1.29 is 19.0 Å². The second-order valence-electron chi connectivity index (χ2n) is 7.15. The van der Waals surface area contributed by atoms with Gasteiger partial charge in [0, 0.05) is 23.7 Å². The summed E-state index contributed by atoms with van der Waals surface area (Å²) in [7, 11) is 0. The first kappa shape index (κ1) is 15.6. The number of anilines is 1. The minimum absolute atomic E-state index is 0.0455. The van der Waals surface area contributed by atoms with Gasteiger partial charge < -0.3 is 19.5 Å². The molecule has 134 valence electrons. The van der Waals surface area contributed by atoms with Crippen molar-refractivity contribution in [1.82, 2.24) is 0 Å². The standard InChI is InChI=1S/C21H21NO4/c1-2-3-4-9-19-25-17-10-14-16(11-18(17)26-19)24-12-21(14)13-7-5-6-8-15(13)22-20(21)23/h5-8,10-11,19H,2-4,9,12H2,1H3,(H,22,23). The van der Waals surface area contributed by atoms with E-state index in [1.807, 2.05) is 36.4 Å². The molecule has 5 heteroatoms. The number of rotatable bonds is 4. The van der Waals surface area contributed by atoms with E-state index in [0.29, 0.717) is 23.9 Å². The lowest BCUT2D eigenvalue weighted by Crippen LogP contribution is -2.37. The molecule has 3 heterocycles. The molecule has 1 spiro atoms. The third-order valence-corrected chi connectivity index (χ3v) is 5.53. The van der Waals surface area contributed by atoms with E-state index >= 15 is 0 Å². The van der Waals surface area contributed by atoms with Crippen molar-refractivity contribution in [3.8, 4) is 17.2 Å². The SMILES string of the molecule is CCCCCC1Oc2cc3c(cc2O1)C1(CO3)C(=O)Nc2ccccc21. The quantitative estimate of drug-likeness (QED) is 0.846. The fraction of sp³-hybridized carbons (Fsp3) is 0.381. The van der Waals surface area contributed by atoms with Crippen LogP contribution in [-0.4, -0.2) is 18.8 Å². The number of hydrogen-bond acceptors (Lipinski definition) is 4. The van der Waals surface area contributed by atoms with Crippen molar-refractivity contribution in [3.05, 3.63) is 47.5 Å². The maximum atomic E-state index is 12.9. The van der Waals surface area contributed by atoms with Gasteiger partial charge >= 0.3 is 0 Å². The van der Waals surface area contributed by atoms with Gasteiger partial charge in [0.25, 0.3) is 0 Å². The molecule has 0 saturated heterocycles. The fourth-order valence-corrected chi connectivity index (χ4v) is 4.15. The number of carbonyl (C=O) groups excluding carboxylic acids is 1. The van der Waals surface area contributed by atoms with Crippen molar-refractivity contribution >= 4 is 11.6 Å². The van der Waals surface area contributed by atoms with E-state index in [2.05, 4.69) is 12.2 Å². The number of benzene rings is 2. The molecular formula is C21H21NO4. The summed E-state index contributed by atoms with van der Waals surface area (Å²) in [6.07, 6.45) is 4.02. The van der Waals surface area contributed by atoms with Gasteiger partial charge in [-0.15, -0.1) is 0 Å². The topological polar surface area (TPSA) is 56.8 Å². The second-order valence-corrected chi connectivity index (χ2v) is 7.15. The molecule has 0 radical (unpaired) electrons. The normalized spacial score (nSPS) is 24.3. The Balaban J connectivity index is 1.51. The van der Waals surface area contributed by atoms with Crippen molar-refractivity contribution in [2.45, 2.75) is 44.3 Å². The summed E-state index contributed by atoms with van der Waals surface area (Å²) < 4.78 is 17.8. The van der Waals surface area contributed by atoms with E-state index in [-0.39, 0.29) is 12.2 Å². The zero-order valence-electron chi connectivity index (χ0n) is 14.7. The van der Waals surface area contributed by atoms with E-state index in [4.69, 9.17) is 14.2 Å². The molecule has 3 aliphatic heterocycles. The van der Waals surface area contributed by atoms with Crippen LogP contribution in [0.3, 0.4) is 0 Å². The Morgan fingerprint density at radius 2 is 1.88 bits per heavy atom. The molecule has 26 heavy (non-hydrogen) atoms. The lowest BCUT2D eigenvalue weighted by atomic mass is 9.77. The molecule has 1 N–H and O–H groups in total. The minimum atomic E-state index is -0.801. The van der Waals surface area contributed by atoms with Gasteiger partial charge in [-0.05, 0) is 24.1 Å². The zero-order chi connectivity index (χ0) is 17.7. The Labute approximate surface area is 152 Å². The molecule has 2 atom stereocenters. The van der Waals surface area contributed by atoms with Crippen LogP contribution in [0.25, 0.3) is 0 Å². The molecule has 0 aromatic heterocycles. The van der Waals surface area contributed by atoms with E-state index in [0.717, 1.165) is 29.7 Å². The Morgan fingerprint density at radius 3 is 2.73 bits per heavy atom. The summed E-state index contributed by atoms with van der Waals surface area (Å²) in [4.78, 5) is 12.9. The molecule has 2 aromatic rings. The predicted octanol–water partition coefficient (Wildman–Crippen LogP) is 3.99. The first-order valence-electron chi connectivity index (χ1n) is 9.28. The summed E-state index contributed by atoms with van der Waals surface area (Å²) in [6.45, 7) is 2.48. The maximum Gasteiger partial charge on any atom is 0.243 e. The average Bonchev–Trinajstić information content (AvgIpc) is 3.29. The van der Waals surface area contributed by atoms with E-state index in [9.17, 15) is 4.79 Å². The fourth-order valence-electron chi connectivity index (χ4n) is 4.15. The molecule has 5 nitrogen and oxygen atoms in total. The molecule has 5 rings (SSSR count). The molecule has 0 aliphatic carbocycles. The number of ether oxygens (including phenoxy) is 3. The summed E-state index contributed by atoms with van der Waals surface area (Å²) in [5, 5.41) is 2.99. The first-order valence-corrected chi connectivity index (χ1v) is 9.28. The van der Waals surface area contributed by atoms with Crippen LogP contribution in [0.5, 0.6) is 17.2 Å². The lowest BCUT2D eigenvalue weighted by molar-refractivity contribution is -0.119. The number of amides is 1. The summed E-state index contributed by atoms with van der Waals surface area (Å²) in [5.41, 5.74) is 1.87. The number of nitrogens with one attached hydrogen (secondary N) is 1. The Bertz CT molecular complexity index is 894. The smallest absolute Gasteiger partial charge is 0.243 e. The molecule has 0 bridgehead atoms. The van der Waals surface area contributed by atoms with Crippen LogP contribution in [0.4, 0.5) is 5.69 Å². The maximum absolute atomic E-state index is 12.9. The molecule has 2 unspecified atom stereocenters. The number of carbonyl (C=O) groups is 1. The third kappa shape index (κ3) is 2.06. The van der Waals surface area contributed by atoms with Crippen LogP contribution in [0.2, 0.25) is 0 Å². The Morgan fingerprint density at radius 1 is 1.08 bits per heavy atom. The van der Waals surface area contributed by atoms with Crippen molar-refractivity contribution in [1.29, 1.82) is 0 Å². The molecular weight excluding hydrogens is 330 g/mol. The summed E-state index contributed by atoms with van der Waals surface area (Å²) >= 11 is 0. The molecule has 1 amide bonds. The summed E-state index contributed by atoms with van der Waals surface area (Å²) in [6, 6.07) is 11.6. The predicted molar refractivity (Wildman–Crippen MR) is 97.0 cm³/mol. The molecule has 0 fully saturated rings. The van der Waals surface area contributed by atoms with E-state index < -0.39 is 5.41 Å². The Kier molecular flexibility index (Phi) is 3.39. The van der Waals surface area contributed by atoms with Crippen molar-refractivity contribution in [3.63, 3.8) is 0 Å². The van der Waals surface area contributed by atoms with Crippen LogP contribution < -0.4 is 19.5 Å². The number of para-hydroxylation sites is 1. The zero-order valence-corrected chi connectivity index (χ0v) is 14.7. The van der Waals surface area contributed by atoms with Gasteiger partial charge in [0.15, 0.2) is 11.5 Å². The van der Waals surface area contributed by atoms with Crippen LogP contribution in [-0.2, 0) is 10.2 Å². The van der Waals surface area contributed by atoms with Gasteiger partial charge in [-0.3, -0.25) is 4.79 Å². The highest BCUT2D eigenvalue weighted by atomic mass is 16.7. The second kappa shape index (κ2) is 5.66. The third-order valence-electron chi connectivity index (χ3n) is 5.53. The van der Waals surface area contributed by atoms with Gasteiger partial charge in [0.1, 0.15) is 17.8 Å². The number of fused-ring (bicyclic) bond motifs is 5. The van der Waals surface area contributed by atoms with Crippen LogP contribution in [0.15, 0.2) is 36.4 Å². The number of unbranched alkanes of at least 4 members (excludes halogenated alkanes) is 2. The highest BCUT2D eigenvalue weighted by Gasteiger charge is 2.54. The highest BCUT2D eigenvalue weighted by molar-refractivity contribution is 6.09. The van der Waals surface area contributed by atoms with Crippen LogP contribution >= 0.6 is 0 Å². The van der Waals surface area contributed by atoms with Gasteiger partial charge in [-0.25, -0.2) is 0 Å².